The summed E-state index contributed by atoms with van der Waals surface area (Å²) in [5, 5.41) is 1.08. The van der Waals surface area contributed by atoms with Crippen LogP contribution in [0.1, 0.15) is 27.2 Å². The smallest absolute Gasteiger partial charge is 0.0670 e. The number of hydrogen-bond acceptors (Lipinski definition) is 2. The van der Waals surface area contributed by atoms with Gasteiger partial charge in [0.05, 0.1) is 6.10 Å². The number of methoxy groups -OCH3 is 1. The van der Waals surface area contributed by atoms with E-state index in [-0.39, 0.29) is 0 Å². The number of ether oxygens (including phenoxy) is 1. The lowest BCUT2D eigenvalue weighted by atomic mass is 10.2. The molecule has 0 N–H and O–H groups in total. The number of hydrogen-bond donors (Lipinski definition) is 0. The molecule has 0 aromatic rings. The molecule has 0 radical (unpaired) electrons. The van der Waals surface area contributed by atoms with Gasteiger partial charge in [-0.3, -0.25) is 4.90 Å². The molecule has 0 spiro atoms. The van der Waals surface area contributed by atoms with Crippen LogP contribution < -0.4 is 0 Å². The Morgan fingerprint density at radius 3 is 2.31 bits per heavy atom. The summed E-state index contributed by atoms with van der Waals surface area (Å²) in [6.07, 6.45) is 1.53. The van der Waals surface area contributed by atoms with E-state index in [1.807, 2.05) is 0 Å². The second-order valence-electron chi connectivity index (χ2n) is 3.68. The molecule has 0 amide bonds. The summed E-state index contributed by atoms with van der Waals surface area (Å²) in [6, 6.07) is 0.608. The van der Waals surface area contributed by atoms with Crippen LogP contribution in [0.5, 0.6) is 0 Å². The monoisotopic (exact) mass is 251 g/mol. The first-order chi connectivity index (χ1) is 6.11. The molecule has 0 heterocycles. The normalized spacial score (nSPS) is 14.1. The average Bonchev–Trinajstić information content (AvgIpc) is 2.11. The van der Waals surface area contributed by atoms with Crippen LogP contribution in [0.25, 0.3) is 0 Å². The second-order valence-corrected chi connectivity index (χ2v) is 4.47. The fourth-order valence-electron chi connectivity index (χ4n) is 1.23. The van der Waals surface area contributed by atoms with Gasteiger partial charge in [0.25, 0.3) is 0 Å². The molecule has 80 valence electrons. The summed E-state index contributed by atoms with van der Waals surface area (Å²) in [4.78, 5) is 2.45. The third kappa shape index (κ3) is 6.47. The minimum atomic E-state index is 0.331. The van der Waals surface area contributed by atoms with Crippen LogP contribution in [-0.2, 0) is 4.74 Å². The molecule has 13 heavy (non-hydrogen) atoms. The molecule has 0 bridgehead atoms. The van der Waals surface area contributed by atoms with E-state index in [2.05, 4.69) is 41.6 Å². The fourth-order valence-corrected chi connectivity index (χ4v) is 1.48. The molecule has 0 fully saturated rings. The van der Waals surface area contributed by atoms with E-state index in [0.717, 1.165) is 18.4 Å². The number of alkyl halides is 1. The summed E-state index contributed by atoms with van der Waals surface area (Å²) in [7, 11) is 1.77. The Morgan fingerprint density at radius 2 is 1.92 bits per heavy atom. The molecule has 0 aliphatic heterocycles. The van der Waals surface area contributed by atoms with Gasteiger partial charge < -0.3 is 4.74 Å². The summed E-state index contributed by atoms with van der Waals surface area (Å²) < 4.78 is 5.26. The third-order valence-electron chi connectivity index (χ3n) is 2.20. The van der Waals surface area contributed by atoms with Crippen molar-refractivity contribution in [2.75, 3.05) is 25.5 Å². The molecular weight excluding hydrogens is 230 g/mol. The SMILES string of the molecule is COC(C)CN(CCCBr)C(C)C. The summed E-state index contributed by atoms with van der Waals surface area (Å²) >= 11 is 3.45. The van der Waals surface area contributed by atoms with Crippen molar-refractivity contribution in [3.05, 3.63) is 0 Å². The van der Waals surface area contributed by atoms with Crippen molar-refractivity contribution in [2.45, 2.75) is 39.3 Å². The van der Waals surface area contributed by atoms with E-state index in [1.54, 1.807) is 7.11 Å². The third-order valence-corrected chi connectivity index (χ3v) is 2.76. The van der Waals surface area contributed by atoms with Crippen LogP contribution in [0.3, 0.4) is 0 Å². The van der Waals surface area contributed by atoms with E-state index in [0.29, 0.717) is 12.1 Å². The Balaban J connectivity index is 3.79. The van der Waals surface area contributed by atoms with Crippen LogP contribution in [0.15, 0.2) is 0 Å². The van der Waals surface area contributed by atoms with Crippen molar-refractivity contribution in [1.82, 2.24) is 4.90 Å². The lowest BCUT2D eigenvalue weighted by molar-refractivity contribution is 0.0658. The van der Waals surface area contributed by atoms with Crippen LogP contribution in [-0.4, -0.2) is 42.6 Å². The highest BCUT2D eigenvalue weighted by Gasteiger charge is 2.11. The quantitative estimate of drug-likeness (QED) is 0.645. The highest BCUT2D eigenvalue weighted by Crippen LogP contribution is 2.04. The zero-order valence-corrected chi connectivity index (χ0v) is 10.8. The molecule has 0 aliphatic rings. The van der Waals surface area contributed by atoms with Crippen molar-refractivity contribution < 1.29 is 4.74 Å². The summed E-state index contributed by atoms with van der Waals surface area (Å²) in [5.41, 5.74) is 0. The first-order valence-electron chi connectivity index (χ1n) is 4.94. The first-order valence-corrected chi connectivity index (χ1v) is 6.06. The number of nitrogens with zero attached hydrogens (tertiary/aromatic N) is 1. The van der Waals surface area contributed by atoms with Gasteiger partial charge >= 0.3 is 0 Å². The molecule has 1 atom stereocenters. The Labute approximate surface area is 90.8 Å². The van der Waals surface area contributed by atoms with Gasteiger partial charge in [0, 0.05) is 25.0 Å². The Hall–Kier alpha value is 0.400. The molecular formula is C10H22BrNO. The van der Waals surface area contributed by atoms with Crippen molar-refractivity contribution in [2.24, 2.45) is 0 Å². The van der Waals surface area contributed by atoms with Gasteiger partial charge in [0.2, 0.25) is 0 Å². The zero-order valence-electron chi connectivity index (χ0n) is 9.22. The topological polar surface area (TPSA) is 12.5 Å². The van der Waals surface area contributed by atoms with Gasteiger partial charge in [-0.05, 0) is 33.7 Å². The second kappa shape index (κ2) is 7.77. The molecule has 0 aromatic carbocycles. The maximum Gasteiger partial charge on any atom is 0.0670 e. The summed E-state index contributed by atoms with van der Waals surface area (Å²) in [5.74, 6) is 0. The highest BCUT2D eigenvalue weighted by molar-refractivity contribution is 9.09. The van der Waals surface area contributed by atoms with Crippen LogP contribution in [0.2, 0.25) is 0 Å². The van der Waals surface area contributed by atoms with Gasteiger partial charge in [-0.1, -0.05) is 15.9 Å². The molecule has 3 heteroatoms. The zero-order chi connectivity index (χ0) is 10.3. The maximum atomic E-state index is 5.26. The van der Waals surface area contributed by atoms with E-state index < -0.39 is 0 Å². The highest BCUT2D eigenvalue weighted by atomic mass is 79.9. The van der Waals surface area contributed by atoms with E-state index in [1.165, 1.54) is 6.42 Å². The van der Waals surface area contributed by atoms with Crippen LogP contribution in [0.4, 0.5) is 0 Å². The predicted molar refractivity (Wildman–Crippen MR) is 61.6 cm³/mol. The Morgan fingerprint density at radius 1 is 1.31 bits per heavy atom. The molecule has 0 saturated heterocycles. The molecule has 1 unspecified atom stereocenters. The summed E-state index contributed by atoms with van der Waals surface area (Å²) in [6.45, 7) is 8.76. The largest absolute Gasteiger partial charge is 0.380 e. The van der Waals surface area contributed by atoms with Crippen molar-refractivity contribution >= 4 is 15.9 Å². The predicted octanol–water partition coefficient (Wildman–Crippen LogP) is 2.52. The lowest BCUT2D eigenvalue weighted by Crippen LogP contribution is -2.38. The minimum Gasteiger partial charge on any atom is -0.380 e. The Bertz CT molecular complexity index is 119. The fraction of sp³-hybridized carbons (Fsp3) is 1.00. The van der Waals surface area contributed by atoms with Gasteiger partial charge in [-0.2, -0.15) is 0 Å². The molecule has 0 saturated carbocycles. The van der Waals surface area contributed by atoms with E-state index >= 15 is 0 Å². The van der Waals surface area contributed by atoms with Crippen molar-refractivity contribution in [1.29, 1.82) is 0 Å². The molecule has 0 aromatic heterocycles. The standard InChI is InChI=1S/C10H22BrNO/c1-9(2)12(7-5-6-11)8-10(3)13-4/h9-10H,5-8H2,1-4H3. The average molecular weight is 252 g/mol. The van der Waals surface area contributed by atoms with Gasteiger partial charge in [-0.15, -0.1) is 0 Å². The maximum absolute atomic E-state index is 5.26. The molecule has 0 rings (SSSR count). The number of halogens is 1. The van der Waals surface area contributed by atoms with Crippen LogP contribution >= 0.6 is 15.9 Å². The Kier molecular flexibility index (Phi) is 8.01. The van der Waals surface area contributed by atoms with Gasteiger partial charge in [-0.25, -0.2) is 0 Å². The van der Waals surface area contributed by atoms with E-state index in [4.69, 9.17) is 4.74 Å². The van der Waals surface area contributed by atoms with Gasteiger partial charge in [0.1, 0.15) is 0 Å². The van der Waals surface area contributed by atoms with Crippen molar-refractivity contribution in [3.63, 3.8) is 0 Å². The van der Waals surface area contributed by atoms with Gasteiger partial charge in [0.15, 0.2) is 0 Å². The van der Waals surface area contributed by atoms with Crippen molar-refractivity contribution in [3.8, 4) is 0 Å². The van der Waals surface area contributed by atoms with E-state index in [9.17, 15) is 0 Å². The lowest BCUT2D eigenvalue weighted by Gasteiger charge is -2.28. The number of rotatable bonds is 7. The minimum absolute atomic E-state index is 0.331. The van der Waals surface area contributed by atoms with Crippen LogP contribution in [0, 0.1) is 0 Å². The molecule has 2 nitrogen and oxygen atoms in total. The first kappa shape index (κ1) is 13.4. The molecule has 0 aliphatic carbocycles.